The summed E-state index contributed by atoms with van der Waals surface area (Å²) in [5, 5.41) is 0. The van der Waals surface area contributed by atoms with E-state index in [0.717, 1.165) is 13.6 Å². The number of thiazole rings is 1. The molecule has 1 aromatic heterocycles. The number of rotatable bonds is 6. The number of carbonyl (C=O) groups is 1. The lowest BCUT2D eigenvalue weighted by Crippen LogP contribution is -2.39. The van der Waals surface area contributed by atoms with Gasteiger partial charge in [0.15, 0.2) is 4.80 Å². The molecule has 188 valence electrons. The van der Waals surface area contributed by atoms with Crippen LogP contribution >= 0.6 is 49.9 Å². The number of carbonyl (C=O) groups excluding carboxylic acids is 1. The van der Waals surface area contributed by atoms with Gasteiger partial charge in [-0.2, -0.15) is 0 Å². The van der Waals surface area contributed by atoms with Gasteiger partial charge in [0.2, 0.25) is 0 Å². The van der Waals surface area contributed by atoms with Gasteiger partial charge in [-0.3, -0.25) is 9.36 Å². The summed E-state index contributed by atoms with van der Waals surface area (Å²) in [5.41, 5.74) is 1.72. The number of halogens is 3. The van der Waals surface area contributed by atoms with E-state index in [2.05, 4.69) is 43.5 Å². The van der Waals surface area contributed by atoms with Crippen LogP contribution in [0, 0.1) is 9.39 Å². The molecule has 4 rings (SSSR count). The Kier molecular flexibility index (Phi) is 8.15. The van der Waals surface area contributed by atoms with Crippen LogP contribution in [0.2, 0.25) is 0 Å². The molecule has 3 aromatic rings. The number of esters is 1. The van der Waals surface area contributed by atoms with Crippen LogP contribution in [0.1, 0.15) is 44.9 Å². The minimum atomic E-state index is -0.794. The first-order valence-corrected chi connectivity index (χ1v) is 13.9. The number of fused-ring (bicyclic) bond motifs is 1. The average Bonchev–Trinajstić information content (AvgIpc) is 3.10. The van der Waals surface area contributed by atoms with Crippen molar-refractivity contribution in [3.63, 3.8) is 0 Å². The average molecular weight is 685 g/mol. The van der Waals surface area contributed by atoms with Crippen molar-refractivity contribution in [1.82, 2.24) is 4.57 Å². The Labute approximate surface area is 233 Å². The Morgan fingerprint density at radius 2 is 2.00 bits per heavy atom. The maximum atomic E-state index is 13.8. The Balaban J connectivity index is 1.97. The first kappa shape index (κ1) is 26.7. The SMILES string of the molecule is CCOC(=O)C1=C(C)N=c2s/c(=C\c3cc(Br)cc(I)c3OC(C)C)c(=O)n2[C@@H]1c1ccc(F)cc1. The predicted octanol–water partition coefficient (Wildman–Crippen LogP) is 5.09. The molecule has 0 N–H and O–H groups in total. The lowest BCUT2D eigenvalue weighted by atomic mass is 9.96. The second kappa shape index (κ2) is 11.0. The second-order valence-corrected chi connectivity index (χ2v) is 11.4. The molecule has 2 heterocycles. The molecule has 1 aliphatic heterocycles. The van der Waals surface area contributed by atoms with Crippen molar-refractivity contribution in [2.45, 2.75) is 39.8 Å². The van der Waals surface area contributed by atoms with Crippen molar-refractivity contribution in [2.75, 3.05) is 6.61 Å². The van der Waals surface area contributed by atoms with Crippen molar-refractivity contribution in [3.05, 3.63) is 92.3 Å². The van der Waals surface area contributed by atoms with Crippen LogP contribution in [0.3, 0.4) is 0 Å². The van der Waals surface area contributed by atoms with Gasteiger partial charge >= 0.3 is 5.97 Å². The minimum Gasteiger partial charge on any atom is -0.489 e. The minimum absolute atomic E-state index is 0.0543. The van der Waals surface area contributed by atoms with Gasteiger partial charge in [0.1, 0.15) is 11.6 Å². The number of nitrogens with zero attached hydrogens (tertiary/aromatic N) is 2. The molecule has 1 aliphatic rings. The van der Waals surface area contributed by atoms with E-state index in [0.29, 0.717) is 26.3 Å². The number of hydrogen-bond acceptors (Lipinski definition) is 6. The number of hydrogen-bond donors (Lipinski definition) is 0. The Hall–Kier alpha value is -2.31. The highest BCUT2D eigenvalue weighted by Gasteiger charge is 2.33. The largest absolute Gasteiger partial charge is 0.489 e. The monoisotopic (exact) mass is 684 g/mol. The van der Waals surface area contributed by atoms with Gasteiger partial charge < -0.3 is 9.47 Å². The first-order valence-electron chi connectivity index (χ1n) is 11.2. The Morgan fingerprint density at radius 1 is 1.31 bits per heavy atom. The van der Waals surface area contributed by atoms with Crippen LogP contribution in [0.15, 0.2) is 61.9 Å². The molecule has 0 saturated carbocycles. The molecular weight excluding hydrogens is 662 g/mol. The lowest BCUT2D eigenvalue weighted by Gasteiger charge is -2.24. The molecular formula is C26H23BrFIN2O4S. The van der Waals surface area contributed by atoms with Gasteiger partial charge in [-0.05, 0) is 86.2 Å². The van der Waals surface area contributed by atoms with Crippen LogP contribution in [0.4, 0.5) is 4.39 Å². The maximum Gasteiger partial charge on any atom is 0.338 e. The standard InChI is InChI=1S/C26H23BrFIN2O4S/c1-5-34-25(33)21-14(4)30-26-31(22(21)15-6-8-18(28)9-7-15)24(32)20(36-26)11-16-10-17(27)12-19(29)23(16)35-13(2)3/h6-13,22H,5H2,1-4H3/b20-11-/t22-/m1/s1. The molecule has 0 bridgehead atoms. The van der Waals surface area contributed by atoms with Crippen molar-refractivity contribution in [3.8, 4) is 5.75 Å². The summed E-state index contributed by atoms with van der Waals surface area (Å²) in [4.78, 5) is 31.8. The smallest absolute Gasteiger partial charge is 0.338 e. The molecule has 0 unspecified atom stereocenters. The quantitative estimate of drug-likeness (QED) is 0.268. The number of ether oxygens (including phenoxy) is 2. The molecule has 0 spiro atoms. The molecule has 0 aliphatic carbocycles. The van der Waals surface area contributed by atoms with E-state index < -0.39 is 17.8 Å². The normalized spacial score (nSPS) is 15.7. The van der Waals surface area contributed by atoms with Gasteiger partial charge in [-0.15, -0.1) is 0 Å². The van der Waals surface area contributed by atoms with Gasteiger partial charge in [-0.25, -0.2) is 14.2 Å². The third-order valence-electron chi connectivity index (χ3n) is 5.38. The summed E-state index contributed by atoms with van der Waals surface area (Å²) in [6.45, 7) is 7.49. The summed E-state index contributed by atoms with van der Waals surface area (Å²) in [7, 11) is 0. The zero-order valence-corrected chi connectivity index (χ0v) is 24.5. The van der Waals surface area contributed by atoms with E-state index in [9.17, 15) is 14.0 Å². The molecule has 2 aromatic carbocycles. The van der Waals surface area contributed by atoms with Gasteiger partial charge in [0.05, 0.1) is 38.1 Å². The van der Waals surface area contributed by atoms with Crippen LogP contribution in [-0.4, -0.2) is 23.2 Å². The highest BCUT2D eigenvalue weighted by molar-refractivity contribution is 14.1. The summed E-state index contributed by atoms with van der Waals surface area (Å²) in [6.07, 6.45) is 1.72. The van der Waals surface area contributed by atoms with Crippen molar-refractivity contribution >= 4 is 61.9 Å². The third kappa shape index (κ3) is 5.35. The predicted molar refractivity (Wildman–Crippen MR) is 149 cm³/mol. The molecule has 6 nitrogen and oxygen atoms in total. The van der Waals surface area contributed by atoms with Crippen LogP contribution in [-0.2, 0) is 9.53 Å². The zero-order chi connectivity index (χ0) is 26.1. The molecule has 36 heavy (non-hydrogen) atoms. The number of aromatic nitrogens is 1. The van der Waals surface area contributed by atoms with E-state index >= 15 is 0 Å². The highest BCUT2D eigenvalue weighted by Crippen LogP contribution is 2.32. The van der Waals surface area contributed by atoms with Crippen molar-refractivity contribution < 1.29 is 18.7 Å². The topological polar surface area (TPSA) is 69.9 Å². The molecule has 1 atom stereocenters. The van der Waals surface area contributed by atoms with Crippen LogP contribution < -0.4 is 19.6 Å². The fourth-order valence-corrected chi connectivity index (χ4v) is 6.66. The van der Waals surface area contributed by atoms with Gasteiger partial charge in [0.25, 0.3) is 5.56 Å². The summed E-state index contributed by atoms with van der Waals surface area (Å²) >= 11 is 6.95. The van der Waals surface area contributed by atoms with E-state index in [1.54, 1.807) is 32.1 Å². The van der Waals surface area contributed by atoms with Gasteiger partial charge in [0, 0.05) is 10.0 Å². The molecule has 10 heteroatoms. The maximum absolute atomic E-state index is 13.8. The Morgan fingerprint density at radius 3 is 2.64 bits per heavy atom. The Bertz CT molecular complexity index is 1540. The highest BCUT2D eigenvalue weighted by atomic mass is 127. The fourth-order valence-electron chi connectivity index (χ4n) is 3.94. The molecule has 0 saturated heterocycles. The number of allylic oxidation sites excluding steroid dienone is 1. The first-order chi connectivity index (χ1) is 17.1. The fraction of sp³-hybridized carbons (Fsp3) is 0.269. The van der Waals surface area contributed by atoms with Gasteiger partial charge in [-0.1, -0.05) is 39.4 Å². The van der Waals surface area contributed by atoms with Crippen molar-refractivity contribution in [1.29, 1.82) is 0 Å². The summed E-state index contributed by atoms with van der Waals surface area (Å²) in [6, 6.07) is 8.80. The molecule has 0 radical (unpaired) electrons. The van der Waals surface area contributed by atoms with Crippen LogP contribution in [0.5, 0.6) is 5.75 Å². The summed E-state index contributed by atoms with van der Waals surface area (Å²) in [5.74, 6) is -0.291. The molecule has 0 amide bonds. The zero-order valence-electron chi connectivity index (χ0n) is 20.0. The van der Waals surface area contributed by atoms with E-state index in [1.165, 1.54) is 28.0 Å². The van der Waals surface area contributed by atoms with E-state index in [-0.39, 0.29) is 23.8 Å². The molecule has 0 fully saturated rings. The third-order valence-corrected chi connectivity index (χ3v) is 7.62. The summed E-state index contributed by atoms with van der Waals surface area (Å²) < 4.78 is 28.7. The lowest BCUT2D eigenvalue weighted by molar-refractivity contribution is -0.139. The van der Waals surface area contributed by atoms with Crippen molar-refractivity contribution in [2.24, 2.45) is 4.99 Å². The van der Waals surface area contributed by atoms with E-state index in [1.807, 2.05) is 26.0 Å². The second-order valence-electron chi connectivity index (χ2n) is 8.33. The van der Waals surface area contributed by atoms with E-state index in [4.69, 9.17) is 9.47 Å². The number of benzene rings is 2. The van der Waals surface area contributed by atoms with Crippen LogP contribution in [0.25, 0.3) is 6.08 Å².